The molecule has 0 spiro atoms. The summed E-state index contributed by atoms with van der Waals surface area (Å²) in [4.78, 5) is 22.6. The summed E-state index contributed by atoms with van der Waals surface area (Å²) in [7, 11) is 3.46. The average molecular weight is 483 g/mol. The van der Waals surface area contributed by atoms with Crippen LogP contribution in [0.3, 0.4) is 0 Å². The molecular weight excluding hydrogens is 444 g/mol. The monoisotopic (exact) mass is 482 g/mol. The lowest BCUT2D eigenvalue weighted by molar-refractivity contribution is -0.314. The van der Waals surface area contributed by atoms with Gasteiger partial charge >= 0.3 is 14.8 Å². The molecule has 1 saturated carbocycles. The number of aliphatic hydroxyl groups is 2. The van der Waals surface area contributed by atoms with Crippen LogP contribution in [0.25, 0.3) is 0 Å². The molecule has 12 heteroatoms. The lowest BCUT2D eigenvalue weighted by atomic mass is 10.1. The van der Waals surface area contributed by atoms with E-state index in [1.165, 1.54) is 7.11 Å². The zero-order valence-corrected chi connectivity index (χ0v) is 20.4. The molecule has 1 rings (SSSR count). The third kappa shape index (κ3) is 9.13. The maximum atomic E-state index is 12.6. The summed E-state index contributed by atoms with van der Waals surface area (Å²) < 4.78 is 31.5. The third-order valence-electron chi connectivity index (χ3n) is 5.27. The summed E-state index contributed by atoms with van der Waals surface area (Å²) in [6.45, 7) is 3.88. The van der Waals surface area contributed by atoms with Crippen LogP contribution < -0.4 is 0 Å². The molecule has 0 heterocycles. The fraction of sp³-hybridized carbons (Fsp3) is 0.850. The Morgan fingerprint density at radius 2 is 1.72 bits per heavy atom. The smallest absolute Gasteiger partial charge is 0.462 e. The normalized spacial score (nSPS) is 22.4. The first-order valence-electron chi connectivity index (χ1n) is 10.5. The molecule has 0 bridgehead atoms. The van der Waals surface area contributed by atoms with Gasteiger partial charge in [0.25, 0.3) is 0 Å². The van der Waals surface area contributed by atoms with E-state index < -0.39 is 32.4 Å². The maximum absolute atomic E-state index is 12.6. The van der Waals surface area contributed by atoms with Crippen molar-refractivity contribution < 1.29 is 52.3 Å². The van der Waals surface area contributed by atoms with Crippen LogP contribution in [0.15, 0.2) is 12.7 Å². The lowest BCUT2D eigenvalue weighted by Gasteiger charge is -2.24. The van der Waals surface area contributed by atoms with Crippen molar-refractivity contribution in [1.29, 1.82) is 0 Å². The van der Waals surface area contributed by atoms with Crippen molar-refractivity contribution in [2.75, 3.05) is 68.1 Å². The highest BCUT2D eigenvalue weighted by Crippen LogP contribution is 2.54. The molecule has 4 atom stereocenters. The highest BCUT2D eigenvalue weighted by molar-refractivity contribution is 6.60. The molecular formula is C20H38O11Si. The Morgan fingerprint density at radius 3 is 2.28 bits per heavy atom. The summed E-state index contributed by atoms with van der Waals surface area (Å²) in [5.74, 6) is -0.610. The maximum Gasteiger partial charge on any atom is 0.500 e. The molecule has 32 heavy (non-hydrogen) atoms. The molecule has 0 aliphatic heterocycles. The predicted octanol–water partition coefficient (Wildman–Crippen LogP) is 0.323. The van der Waals surface area contributed by atoms with Gasteiger partial charge in [-0.1, -0.05) is 6.08 Å². The fourth-order valence-electron chi connectivity index (χ4n) is 3.15. The van der Waals surface area contributed by atoms with E-state index in [0.29, 0.717) is 25.5 Å². The van der Waals surface area contributed by atoms with Gasteiger partial charge in [-0.05, 0) is 18.8 Å². The summed E-state index contributed by atoms with van der Waals surface area (Å²) in [6.07, 6.45) is 1.01. The van der Waals surface area contributed by atoms with Gasteiger partial charge in [-0.25, -0.2) is 9.78 Å². The van der Waals surface area contributed by atoms with E-state index in [0.717, 1.165) is 0 Å². The molecule has 0 aromatic rings. The highest BCUT2D eigenvalue weighted by Gasteiger charge is 2.60. The molecule has 11 nitrogen and oxygen atoms in total. The molecule has 188 valence electrons. The quantitative estimate of drug-likeness (QED) is 0.0621. The second-order valence-corrected chi connectivity index (χ2v) is 10.7. The molecule has 4 unspecified atom stereocenters. The minimum atomic E-state index is -2.64. The van der Waals surface area contributed by atoms with E-state index in [1.807, 2.05) is 0 Å². The predicted molar refractivity (Wildman–Crippen MR) is 115 cm³/mol. The standard InChI is InChI=1S/C20H38O11Si/c1-6-16-10-20(16,15-31-30-14-17(21)11-24-2)19(23)29-13-18(22)12-28-8-7-9-32(25-3,26-4)27-5/h6,16-18,21-22H,1,7-15H2,2-5H3. The number of aliphatic hydroxyl groups excluding tert-OH is 2. The molecule has 0 aromatic heterocycles. The molecule has 0 aromatic carbocycles. The summed E-state index contributed by atoms with van der Waals surface area (Å²) in [5, 5.41) is 19.6. The van der Waals surface area contributed by atoms with Gasteiger partial charge in [-0.15, -0.1) is 6.58 Å². The Balaban J connectivity index is 2.29. The number of allylic oxidation sites excluding steroid dienone is 1. The van der Waals surface area contributed by atoms with Crippen LogP contribution in [0, 0.1) is 11.3 Å². The van der Waals surface area contributed by atoms with Gasteiger partial charge in [0, 0.05) is 41.1 Å². The fourth-order valence-corrected chi connectivity index (χ4v) is 4.84. The zero-order chi connectivity index (χ0) is 24.0. The number of carbonyl (C=O) groups is 1. The van der Waals surface area contributed by atoms with Crippen LogP contribution >= 0.6 is 0 Å². The number of hydrogen-bond acceptors (Lipinski definition) is 11. The van der Waals surface area contributed by atoms with Crippen LogP contribution in [0.4, 0.5) is 0 Å². The summed E-state index contributed by atoms with van der Waals surface area (Å²) >= 11 is 0. The van der Waals surface area contributed by atoms with Crippen LogP contribution in [0.5, 0.6) is 0 Å². The van der Waals surface area contributed by atoms with Crippen LogP contribution in [0.1, 0.15) is 12.8 Å². The first kappa shape index (κ1) is 29.1. The number of hydrogen-bond donors (Lipinski definition) is 2. The third-order valence-corrected chi connectivity index (χ3v) is 8.10. The minimum Gasteiger partial charge on any atom is -0.462 e. The van der Waals surface area contributed by atoms with Crippen LogP contribution in [-0.2, 0) is 42.1 Å². The Morgan fingerprint density at radius 1 is 1.06 bits per heavy atom. The molecule has 1 aliphatic rings. The first-order valence-corrected chi connectivity index (χ1v) is 12.4. The van der Waals surface area contributed by atoms with E-state index in [9.17, 15) is 15.0 Å². The van der Waals surface area contributed by atoms with Crippen LogP contribution in [-0.4, -0.2) is 105 Å². The Bertz CT molecular complexity index is 537. The van der Waals surface area contributed by atoms with Gasteiger partial charge in [0.2, 0.25) is 0 Å². The van der Waals surface area contributed by atoms with Crippen LogP contribution in [0.2, 0.25) is 6.04 Å². The van der Waals surface area contributed by atoms with Gasteiger partial charge in [-0.3, -0.25) is 4.79 Å². The molecule has 1 aliphatic carbocycles. The Kier molecular flexibility index (Phi) is 13.7. The van der Waals surface area contributed by atoms with E-state index in [2.05, 4.69) is 6.58 Å². The highest BCUT2D eigenvalue weighted by atomic mass is 28.4. The molecule has 0 radical (unpaired) electrons. The van der Waals surface area contributed by atoms with Crippen molar-refractivity contribution in [3.63, 3.8) is 0 Å². The number of methoxy groups -OCH3 is 1. The van der Waals surface area contributed by atoms with Crippen molar-refractivity contribution in [3.05, 3.63) is 12.7 Å². The summed E-state index contributed by atoms with van der Waals surface area (Å²) in [5.41, 5.74) is -0.900. The van der Waals surface area contributed by atoms with Gasteiger partial charge in [0.15, 0.2) is 0 Å². The van der Waals surface area contributed by atoms with Crippen molar-refractivity contribution >= 4 is 14.8 Å². The number of ether oxygens (including phenoxy) is 3. The Labute approximate surface area is 190 Å². The van der Waals surface area contributed by atoms with Crippen molar-refractivity contribution in [2.45, 2.75) is 31.1 Å². The van der Waals surface area contributed by atoms with Gasteiger partial charge in [0.05, 0.1) is 19.8 Å². The van der Waals surface area contributed by atoms with Crippen molar-refractivity contribution in [1.82, 2.24) is 0 Å². The minimum absolute atomic E-state index is 0.0175. The van der Waals surface area contributed by atoms with Gasteiger partial charge < -0.3 is 37.7 Å². The van der Waals surface area contributed by atoms with E-state index >= 15 is 0 Å². The number of rotatable bonds is 20. The number of carbonyl (C=O) groups excluding carboxylic acids is 1. The molecule has 0 amide bonds. The van der Waals surface area contributed by atoms with E-state index in [-0.39, 0.29) is 39.0 Å². The first-order chi connectivity index (χ1) is 15.3. The molecule has 2 N–H and O–H groups in total. The zero-order valence-electron chi connectivity index (χ0n) is 19.4. The van der Waals surface area contributed by atoms with Crippen molar-refractivity contribution in [3.8, 4) is 0 Å². The van der Waals surface area contributed by atoms with Gasteiger partial charge in [0.1, 0.15) is 30.8 Å². The summed E-state index contributed by atoms with van der Waals surface area (Å²) in [6, 6.07) is 0.581. The second-order valence-electron chi connectivity index (χ2n) is 7.58. The molecule has 0 saturated heterocycles. The van der Waals surface area contributed by atoms with Crippen molar-refractivity contribution in [2.24, 2.45) is 11.3 Å². The largest absolute Gasteiger partial charge is 0.500 e. The Hall–Kier alpha value is -0.933. The van der Waals surface area contributed by atoms with Gasteiger partial charge in [-0.2, -0.15) is 0 Å². The van der Waals surface area contributed by atoms with E-state index in [4.69, 9.17) is 37.3 Å². The van der Waals surface area contributed by atoms with E-state index in [1.54, 1.807) is 27.4 Å². The molecule has 1 fully saturated rings. The topological polar surface area (TPSA) is 131 Å². The second kappa shape index (κ2) is 15.1. The number of esters is 1. The lowest BCUT2D eigenvalue weighted by Crippen LogP contribution is -2.42. The SMILES string of the molecule is C=CC1CC1(COOCC(O)COC)C(=O)OCC(O)COCCC[Si](OC)(OC)OC. The average Bonchev–Trinajstić information content (AvgIpc) is 3.53.